The Bertz CT molecular complexity index is 923. The van der Waals surface area contributed by atoms with Gasteiger partial charge in [-0.25, -0.2) is 14.6 Å². The molecule has 8 nitrogen and oxygen atoms in total. The van der Waals surface area contributed by atoms with Gasteiger partial charge in [-0.15, -0.1) is 0 Å². The predicted molar refractivity (Wildman–Crippen MR) is 118 cm³/mol. The number of benzene rings is 1. The number of aliphatic carboxylic acids is 1. The number of likely N-dealkylation sites (tertiary alicyclic amines) is 1. The first-order valence-corrected chi connectivity index (χ1v) is 10.2. The minimum absolute atomic E-state index is 0.103. The number of hydrogen-bond acceptors (Lipinski definition) is 6. The molecule has 1 atom stereocenters. The fourth-order valence-corrected chi connectivity index (χ4v) is 3.45. The van der Waals surface area contributed by atoms with Crippen LogP contribution in [0.5, 0.6) is 0 Å². The van der Waals surface area contributed by atoms with E-state index in [2.05, 4.69) is 27.0 Å². The summed E-state index contributed by atoms with van der Waals surface area (Å²) in [6.07, 6.45) is 5.59. The number of hydrogen-bond donors (Lipinski definition) is 1. The Morgan fingerprint density at radius 1 is 1.23 bits per heavy atom. The molecule has 1 aliphatic rings. The second-order valence-electron chi connectivity index (χ2n) is 8.48. The number of nitrogens with zero attached hydrogens (tertiary/aromatic N) is 4. The molecule has 2 aromatic rings. The Hall–Kier alpha value is -3.26. The van der Waals surface area contributed by atoms with Gasteiger partial charge in [0.15, 0.2) is 5.82 Å². The highest BCUT2D eigenvalue weighted by Crippen LogP contribution is 2.25. The van der Waals surface area contributed by atoms with E-state index in [0.29, 0.717) is 18.1 Å². The van der Waals surface area contributed by atoms with Crippen LogP contribution >= 0.6 is 0 Å². The summed E-state index contributed by atoms with van der Waals surface area (Å²) < 4.78 is 5.64. The summed E-state index contributed by atoms with van der Waals surface area (Å²) in [5, 5.41) is 8.76. The summed E-state index contributed by atoms with van der Waals surface area (Å²) in [5.74, 6) is -0.681. The smallest absolute Gasteiger partial charge is 0.416 e. The molecule has 0 saturated carbocycles. The van der Waals surface area contributed by atoms with Crippen molar-refractivity contribution in [2.24, 2.45) is 0 Å². The number of carboxylic acids is 1. The zero-order chi connectivity index (χ0) is 22.4. The van der Waals surface area contributed by atoms with E-state index in [1.807, 2.05) is 39.0 Å². The topological polar surface area (TPSA) is 95.9 Å². The van der Waals surface area contributed by atoms with E-state index in [-0.39, 0.29) is 6.04 Å². The third-order valence-electron chi connectivity index (χ3n) is 4.75. The van der Waals surface area contributed by atoms with Crippen LogP contribution in [0.2, 0.25) is 0 Å². The maximum absolute atomic E-state index is 13.0. The van der Waals surface area contributed by atoms with Crippen molar-refractivity contribution in [3.8, 4) is 0 Å². The highest BCUT2D eigenvalue weighted by Gasteiger charge is 2.35. The summed E-state index contributed by atoms with van der Waals surface area (Å²) in [6.45, 7) is 7.83. The van der Waals surface area contributed by atoms with Crippen LogP contribution in [0.3, 0.4) is 0 Å². The van der Waals surface area contributed by atoms with Crippen molar-refractivity contribution in [1.29, 1.82) is 0 Å². The molecule has 1 N–H and O–H groups in total. The van der Waals surface area contributed by atoms with E-state index >= 15 is 0 Å². The third-order valence-corrected chi connectivity index (χ3v) is 4.75. The van der Waals surface area contributed by atoms with Crippen LogP contribution in [0.15, 0.2) is 48.8 Å². The quantitative estimate of drug-likeness (QED) is 0.708. The Kier molecular flexibility index (Phi) is 7.02. The fraction of sp³-hybridized carbons (Fsp3) is 0.391. The maximum Gasteiger partial charge on any atom is 0.416 e. The number of anilines is 1. The SMILES string of the molecule is CC(C)(C)OC(=O)N(c1cnc(C=CC(=O)O)cn1)[C@@H]1CCN(Cc2ccccc2)C1. The van der Waals surface area contributed by atoms with Crippen molar-refractivity contribution in [3.05, 3.63) is 60.1 Å². The fourth-order valence-electron chi connectivity index (χ4n) is 3.45. The normalized spacial score (nSPS) is 17.1. The van der Waals surface area contributed by atoms with Crippen LogP contribution in [-0.2, 0) is 16.1 Å². The number of rotatable bonds is 6. The van der Waals surface area contributed by atoms with E-state index in [4.69, 9.17) is 9.84 Å². The standard InChI is InChI=1S/C23H28N4O4/c1-23(2,3)31-22(30)27(20-14-24-18(13-25-20)9-10-21(28)29)19-11-12-26(16-19)15-17-7-5-4-6-8-17/h4-10,13-14,19H,11-12,15-16H2,1-3H3,(H,28,29)/t19-/m1/s1. The highest BCUT2D eigenvalue weighted by atomic mass is 16.6. The zero-order valence-corrected chi connectivity index (χ0v) is 18.1. The lowest BCUT2D eigenvalue weighted by atomic mass is 10.2. The molecule has 1 aromatic heterocycles. The van der Waals surface area contributed by atoms with E-state index < -0.39 is 17.7 Å². The van der Waals surface area contributed by atoms with Crippen LogP contribution in [0.1, 0.15) is 38.4 Å². The zero-order valence-electron chi connectivity index (χ0n) is 18.1. The molecular weight excluding hydrogens is 396 g/mol. The summed E-state index contributed by atoms with van der Waals surface area (Å²) in [4.78, 5) is 36.2. The molecule has 0 bridgehead atoms. The molecule has 0 radical (unpaired) electrons. The van der Waals surface area contributed by atoms with Gasteiger partial charge in [0.1, 0.15) is 5.60 Å². The predicted octanol–water partition coefficient (Wildman–Crippen LogP) is 3.59. The number of ether oxygens (including phenoxy) is 1. The van der Waals surface area contributed by atoms with E-state index in [1.54, 1.807) is 4.90 Å². The van der Waals surface area contributed by atoms with Gasteiger partial charge in [0.25, 0.3) is 0 Å². The first kappa shape index (κ1) is 22.4. The Labute approximate surface area is 182 Å². The summed E-state index contributed by atoms with van der Waals surface area (Å²) in [7, 11) is 0. The van der Waals surface area contributed by atoms with Crippen molar-refractivity contribution in [2.75, 3.05) is 18.0 Å². The minimum Gasteiger partial charge on any atom is -0.478 e. The molecule has 1 aromatic carbocycles. The summed E-state index contributed by atoms with van der Waals surface area (Å²) in [6, 6.07) is 10.1. The van der Waals surface area contributed by atoms with Crippen LogP contribution in [0.4, 0.5) is 10.6 Å². The van der Waals surface area contributed by atoms with Crippen molar-refractivity contribution in [3.63, 3.8) is 0 Å². The van der Waals surface area contributed by atoms with Crippen LogP contribution in [0, 0.1) is 0 Å². The van der Waals surface area contributed by atoms with Gasteiger partial charge < -0.3 is 9.84 Å². The first-order valence-electron chi connectivity index (χ1n) is 10.2. The molecule has 1 aliphatic heterocycles. The van der Waals surface area contributed by atoms with Crippen LogP contribution in [-0.4, -0.2) is 56.8 Å². The van der Waals surface area contributed by atoms with Crippen LogP contribution in [0.25, 0.3) is 6.08 Å². The van der Waals surface area contributed by atoms with Crippen molar-refractivity contribution >= 4 is 24.0 Å². The average molecular weight is 425 g/mol. The summed E-state index contributed by atoms with van der Waals surface area (Å²) >= 11 is 0. The Balaban J connectivity index is 1.78. The number of carbonyl (C=O) groups is 2. The van der Waals surface area contributed by atoms with E-state index in [9.17, 15) is 9.59 Å². The largest absolute Gasteiger partial charge is 0.478 e. The van der Waals surface area contributed by atoms with Gasteiger partial charge in [-0.3, -0.25) is 14.8 Å². The van der Waals surface area contributed by atoms with Gasteiger partial charge in [0, 0.05) is 25.7 Å². The lowest BCUT2D eigenvalue weighted by Gasteiger charge is -2.30. The molecule has 1 amide bonds. The lowest BCUT2D eigenvalue weighted by Crippen LogP contribution is -2.45. The number of carboxylic acid groups (broad SMARTS) is 1. The third kappa shape index (κ3) is 6.62. The Morgan fingerprint density at radius 2 is 1.97 bits per heavy atom. The van der Waals surface area contributed by atoms with Gasteiger partial charge in [-0.1, -0.05) is 30.3 Å². The van der Waals surface area contributed by atoms with E-state index in [1.165, 1.54) is 24.0 Å². The van der Waals surface area contributed by atoms with Gasteiger partial charge >= 0.3 is 12.1 Å². The van der Waals surface area contributed by atoms with Crippen LogP contribution < -0.4 is 4.90 Å². The van der Waals surface area contributed by atoms with Gasteiger partial charge in [0.05, 0.1) is 24.1 Å². The van der Waals surface area contributed by atoms with E-state index in [0.717, 1.165) is 25.6 Å². The highest BCUT2D eigenvalue weighted by molar-refractivity contribution is 5.87. The van der Waals surface area contributed by atoms with Gasteiger partial charge in [-0.2, -0.15) is 0 Å². The first-order chi connectivity index (χ1) is 14.7. The van der Waals surface area contributed by atoms with Crippen molar-refractivity contribution in [2.45, 2.75) is 45.4 Å². The molecule has 0 unspecified atom stereocenters. The van der Waals surface area contributed by atoms with Crippen molar-refractivity contribution in [1.82, 2.24) is 14.9 Å². The minimum atomic E-state index is -1.06. The van der Waals surface area contributed by atoms with Gasteiger partial charge in [0.2, 0.25) is 0 Å². The number of aromatic nitrogens is 2. The molecular formula is C23H28N4O4. The van der Waals surface area contributed by atoms with Crippen molar-refractivity contribution < 1.29 is 19.4 Å². The molecule has 31 heavy (non-hydrogen) atoms. The summed E-state index contributed by atoms with van der Waals surface area (Å²) in [5.41, 5.74) is 0.976. The Morgan fingerprint density at radius 3 is 2.58 bits per heavy atom. The average Bonchev–Trinajstić information content (AvgIpc) is 3.14. The molecule has 0 aliphatic carbocycles. The number of carbonyl (C=O) groups excluding carboxylic acids is 1. The number of amides is 1. The van der Waals surface area contributed by atoms with Gasteiger partial charge in [-0.05, 0) is 38.8 Å². The maximum atomic E-state index is 13.0. The molecule has 164 valence electrons. The molecule has 0 spiro atoms. The lowest BCUT2D eigenvalue weighted by molar-refractivity contribution is -0.131. The second kappa shape index (κ2) is 9.70. The molecule has 2 heterocycles. The molecule has 3 rings (SSSR count). The molecule has 1 fully saturated rings. The molecule has 1 saturated heterocycles. The second-order valence-corrected chi connectivity index (χ2v) is 8.48. The monoisotopic (exact) mass is 424 g/mol. The molecule has 8 heteroatoms.